The van der Waals surface area contributed by atoms with E-state index in [1.807, 2.05) is 0 Å². The monoisotopic (exact) mass is 187 g/mol. The van der Waals surface area contributed by atoms with Crippen molar-refractivity contribution in [2.24, 2.45) is 5.16 Å². The van der Waals surface area contributed by atoms with Crippen molar-refractivity contribution in [1.29, 1.82) is 0 Å². The molecule has 0 bridgehead atoms. The van der Waals surface area contributed by atoms with Crippen LogP contribution in [0.2, 0.25) is 0 Å². The van der Waals surface area contributed by atoms with Crippen LogP contribution in [-0.2, 0) is 4.79 Å². The maximum absolute atomic E-state index is 10.7. The van der Waals surface area contributed by atoms with Gasteiger partial charge in [0.05, 0.1) is 0 Å². The third-order valence-corrected chi connectivity index (χ3v) is 1.38. The predicted octanol–water partition coefficient (Wildman–Crippen LogP) is -0.0493. The molecule has 0 radical (unpaired) electrons. The molecule has 5 nitrogen and oxygen atoms in total. The first-order chi connectivity index (χ1) is 6.16. The molecule has 1 amide bonds. The molecule has 0 saturated carbocycles. The number of rotatable bonds is 6. The second kappa shape index (κ2) is 7.54. The fourth-order valence-corrected chi connectivity index (χ4v) is 0.789. The standard InChI is InChI=1S/C8H17N3O2/c1-7(2)9-4-3-5-10-8(12)6-11-13/h6-7,9,13H,3-5H2,1-2H3,(H,10,12). The third kappa shape index (κ3) is 8.81. The van der Waals surface area contributed by atoms with Gasteiger partial charge in [-0.3, -0.25) is 4.79 Å². The van der Waals surface area contributed by atoms with Gasteiger partial charge >= 0.3 is 0 Å². The number of carbonyl (C=O) groups excluding carboxylic acids is 1. The average Bonchev–Trinajstić information content (AvgIpc) is 2.03. The fourth-order valence-electron chi connectivity index (χ4n) is 0.789. The molecule has 5 heteroatoms. The minimum Gasteiger partial charge on any atom is -0.411 e. The van der Waals surface area contributed by atoms with E-state index in [-0.39, 0.29) is 5.91 Å². The molecular formula is C8H17N3O2. The zero-order valence-electron chi connectivity index (χ0n) is 8.08. The zero-order valence-corrected chi connectivity index (χ0v) is 8.08. The van der Waals surface area contributed by atoms with Gasteiger partial charge in [-0.1, -0.05) is 19.0 Å². The fraction of sp³-hybridized carbons (Fsp3) is 0.750. The second-order valence-corrected chi connectivity index (χ2v) is 3.00. The molecule has 0 aliphatic rings. The first-order valence-electron chi connectivity index (χ1n) is 4.35. The van der Waals surface area contributed by atoms with E-state index in [4.69, 9.17) is 5.21 Å². The molecule has 0 rings (SSSR count). The SMILES string of the molecule is CC(C)NCCCNC(=O)C=NO. The molecule has 0 aromatic heterocycles. The molecule has 13 heavy (non-hydrogen) atoms. The van der Waals surface area contributed by atoms with Crippen molar-refractivity contribution < 1.29 is 10.0 Å². The van der Waals surface area contributed by atoms with Crippen LogP contribution in [0.15, 0.2) is 5.16 Å². The molecule has 0 aliphatic carbocycles. The lowest BCUT2D eigenvalue weighted by atomic mass is 10.3. The number of amides is 1. The summed E-state index contributed by atoms with van der Waals surface area (Å²) in [7, 11) is 0. The topological polar surface area (TPSA) is 73.7 Å². The van der Waals surface area contributed by atoms with E-state index >= 15 is 0 Å². The quantitative estimate of drug-likeness (QED) is 0.236. The van der Waals surface area contributed by atoms with Gasteiger partial charge in [-0.2, -0.15) is 0 Å². The lowest BCUT2D eigenvalue weighted by Crippen LogP contribution is -2.30. The van der Waals surface area contributed by atoms with Gasteiger partial charge in [-0.15, -0.1) is 0 Å². The van der Waals surface area contributed by atoms with Crippen LogP contribution in [0.4, 0.5) is 0 Å². The maximum Gasteiger partial charge on any atom is 0.265 e. The molecule has 76 valence electrons. The van der Waals surface area contributed by atoms with Gasteiger partial charge in [0.15, 0.2) is 0 Å². The maximum atomic E-state index is 10.7. The summed E-state index contributed by atoms with van der Waals surface area (Å²) in [6.07, 6.45) is 1.71. The van der Waals surface area contributed by atoms with Gasteiger partial charge < -0.3 is 15.8 Å². The molecule has 0 unspecified atom stereocenters. The summed E-state index contributed by atoms with van der Waals surface area (Å²) in [5.74, 6) is -0.368. The van der Waals surface area contributed by atoms with Crippen molar-refractivity contribution in [3.05, 3.63) is 0 Å². The minimum atomic E-state index is -0.368. The van der Waals surface area contributed by atoms with Crippen LogP contribution in [0, 0.1) is 0 Å². The van der Waals surface area contributed by atoms with E-state index in [1.54, 1.807) is 0 Å². The smallest absolute Gasteiger partial charge is 0.265 e. The molecular weight excluding hydrogens is 170 g/mol. The Hall–Kier alpha value is -1.10. The highest BCUT2D eigenvalue weighted by Crippen LogP contribution is 1.78. The van der Waals surface area contributed by atoms with Crippen LogP contribution in [0.3, 0.4) is 0 Å². The Labute approximate surface area is 78.2 Å². The lowest BCUT2D eigenvalue weighted by Gasteiger charge is -2.07. The first-order valence-corrected chi connectivity index (χ1v) is 4.35. The van der Waals surface area contributed by atoms with Crippen molar-refractivity contribution in [2.45, 2.75) is 26.3 Å². The highest BCUT2D eigenvalue weighted by molar-refractivity contribution is 6.25. The van der Waals surface area contributed by atoms with E-state index in [0.717, 1.165) is 19.2 Å². The van der Waals surface area contributed by atoms with Gasteiger partial charge in [0.25, 0.3) is 5.91 Å². The van der Waals surface area contributed by atoms with Crippen molar-refractivity contribution in [3.63, 3.8) is 0 Å². The average molecular weight is 187 g/mol. The Balaban J connectivity index is 3.21. The van der Waals surface area contributed by atoms with Crippen LogP contribution in [0.5, 0.6) is 0 Å². The normalized spacial score (nSPS) is 11.0. The van der Waals surface area contributed by atoms with Gasteiger partial charge in [-0.05, 0) is 13.0 Å². The van der Waals surface area contributed by atoms with Crippen LogP contribution in [0.25, 0.3) is 0 Å². The third-order valence-electron chi connectivity index (χ3n) is 1.38. The summed E-state index contributed by atoms with van der Waals surface area (Å²) in [4.78, 5) is 10.7. The Morgan fingerprint density at radius 1 is 1.54 bits per heavy atom. The van der Waals surface area contributed by atoms with E-state index in [9.17, 15) is 4.79 Å². The number of oxime groups is 1. The van der Waals surface area contributed by atoms with Gasteiger partial charge in [-0.25, -0.2) is 0 Å². The van der Waals surface area contributed by atoms with Crippen LogP contribution in [-0.4, -0.2) is 36.5 Å². The van der Waals surface area contributed by atoms with E-state index in [0.29, 0.717) is 12.6 Å². The Morgan fingerprint density at radius 3 is 2.77 bits per heavy atom. The number of hydrogen-bond donors (Lipinski definition) is 3. The molecule has 0 heterocycles. The predicted molar refractivity (Wildman–Crippen MR) is 51.0 cm³/mol. The molecule has 0 atom stereocenters. The van der Waals surface area contributed by atoms with Gasteiger partial charge in [0.2, 0.25) is 0 Å². The van der Waals surface area contributed by atoms with Crippen molar-refractivity contribution in [1.82, 2.24) is 10.6 Å². The Kier molecular flexibility index (Phi) is 6.91. The Morgan fingerprint density at radius 2 is 2.23 bits per heavy atom. The number of nitrogens with zero attached hydrogens (tertiary/aromatic N) is 1. The molecule has 3 N–H and O–H groups in total. The van der Waals surface area contributed by atoms with Crippen molar-refractivity contribution >= 4 is 12.1 Å². The summed E-state index contributed by atoms with van der Waals surface area (Å²) in [5, 5.41) is 16.4. The van der Waals surface area contributed by atoms with E-state index in [1.165, 1.54) is 0 Å². The summed E-state index contributed by atoms with van der Waals surface area (Å²) in [6, 6.07) is 0.467. The molecule has 0 aromatic rings. The summed E-state index contributed by atoms with van der Waals surface area (Å²) in [5.41, 5.74) is 0. The van der Waals surface area contributed by atoms with Crippen LogP contribution < -0.4 is 10.6 Å². The van der Waals surface area contributed by atoms with Gasteiger partial charge in [0, 0.05) is 12.6 Å². The highest BCUT2D eigenvalue weighted by atomic mass is 16.4. The number of nitrogens with one attached hydrogen (secondary N) is 2. The molecule has 0 spiro atoms. The van der Waals surface area contributed by atoms with Crippen LogP contribution >= 0.6 is 0 Å². The first kappa shape index (κ1) is 11.9. The Bertz CT molecular complexity index is 169. The summed E-state index contributed by atoms with van der Waals surface area (Å²) < 4.78 is 0. The zero-order chi connectivity index (χ0) is 10.1. The van der Waals surface area contributed by atoms with Crippen molar-refractivity contribution in [2.75, 3.05) is 13.1 Å². The summed E-state index contributed by atoms with van der Waals surface area (Å²) in [6.45, 7) is 5.59. The molecule has 0 fully saturated rings. The number of carbonyl (C=O) groups is 1. The van der Waals surface area contributed by atoms with E-state index in [2.05, 4.69) is 29.6 Å². The molecule has 0 aromatic carbocycles. The highest BCUT2D eigenvalue weighted by Gasteiger charge is 1.95. The molecule has 0 saturated heterocycles. The lowest BCUT2D eigenvalue weighted by molar-refractivity contribution is -0.114. The van der Waals surface area contributed by atoms with E-state index < -0.39 is 0 Å². The van der Waals surface area contributed by atoms with Crippen molar-refractivity contribution in [3.8, 4) is 0 Å². The second-order valence-electron chi connectivity index (χ2n) is 3.00. The van der Waals surface area contributed by atoms with Crippen LogP contribution in [0.1, 0.15) is 20.3 Å². The molecule has 0 aliphatic heterocycles. The summed E-state index contributed by atoms with van der Waals surface area (Å²) >= 11 is 0. The minimum absolute atomic E-state index is 0.368. The largest absolute Gasteiger partial charge is 0.411 e. The number of hydrogen-bond acceptors (Lipinski definition) is 4. The van der Waals surface area contributed by atoms with Gasteiger partial charge in [0.1, 0.15) is 6.21 Å².